The lowest BCUT2D eigenvalue weighted by Gasteiger charge is -2.22. The summed E-state index contributed by atoms with van der Waals surface area (Å²) in [6, 6.07) is 6.86. The number of imidazole rings is 1. The van der Waals surface area contributed by atoms with Crippen molar-refractivity contribution in [3.63, 3.8) is 0 Å². The number of carbonyl (C=O) groups is 1. The number of nitrogens with two attached hydrogens (primary N) is 1. The minimum absolute atomic E-state index is 0.0241. The fourth-order valence-corrected chi connectivity index (χ4v) is 9.17. The van der Waals surface area contributed by atoms with Crippen molar-refractivity contribution < 1.29 is 60.7 Å². The molecule has 0 bridgehead atoms. The van der Waals surface area contributed by atoms with Crippen LogP contribution >= 0.6 is 45.1 Å². The van der Waals surface area contributed by atoms with Gasteiger partial charge in [0, 0.05) is 17.4 Å². The molecule has 1 fully saturated rings. The van der Waals surface area contributed by atoms with Gasteiger partial charge in [-0.2, -0.15) is 8.62 Å². The van der Waals surface area contributed by atoms with E-state index in [9.17, 15) is 28.3 Å². The highest BCUT2D eigenvalue weighted by Crippen LogP contribution is 2.66. The molecule has 0 radical (unpaired) electrons. The van der Waals surface area contributed by atoms with Crippen molar-refractivity contribution in [3.8, 4) is 0 Å². The molecule has 1 aliphatic heterocycles. The van der Waals surface area contributed by atoms with Gasteiger partial charge in [0.2, 0.25) is 0 Å². The second kappa shape index (κ2) is 14.3. The zero-order chi connectivity index (χ0) is 32.3. The second-order valence-corrected chi connectivity index (χ2v) is 16.4. The van der Waals surface area contributed by atoms with Gasteiger partial charge in [0.15, 0.2) is 11.5 Å². The second-order valence-electron chi connectivity index (χ2n) is 9.01. The van der Waals surface area contributed by atoms with Gasteiger partial charge in [-0.3, -0.25) is 9.09 Å². The number of rotatable bonds is 14. The van der Waals surface area contributed by atoms with E-state index in [-0.39, 0.29) is 34.2 Å². The van der Waals surface area contributed by atoms with Crippen LogP contribution in [-0.2, 0) is 36.3 Å². The van der Waals surface area contributed by atoms with Crippen molar-refractivity contribution in [1.82, 2.24) is 19.5 Å². The molecule has 0 amide bonds. The first-order valence-corrected chi connectivity index (χ1v) is 19.4. The van der Waals surface area contributed by atoms with Crippen LogP contribution < -0.4 is 5.73 Å². The van der Waals surface area contributed by atoms with Crippen molar-refractivity contribution in [2.75, 3.05) is 18.1 Å². The number of nitrogen functional groups attached to an aromatic ring is 1. The van der Waals surface area contributed by atoms with Crippen molar-refractivity contribution >= 4 is 68.0 Å². The normalized spacial score (nSPS) is 22.4. The van der Waals surface area contributed by atoms with Crippen LogP contribution in [0.4, 0.5) is 5.82 Å². The van der Waals surface area contributed by atoms with Crippen LogP contribution in [0, 0.1) is 0 Å². The van der Waals surface area contributed by atoms with Gasteiger partial charge in [0.05, 0.1) is 18.5 Å². The molecule has 3 heterocycles. The molecular formula is C21H28N5O13P3S2. The van der Waals surface area contributed by atoms with Crippen LogP contribution in [-0.4, -0.2) is 69.6 Å². The minimum Gasteiger partial charge on any atom is -0.456 e. The summed E-state index contributed by atoms with van der Waals surface area (Å²) >= 11 is 0. The Morgan fingerprint density at radius 1 is 1.14 bits per heavy atom. The molecule has 23 heteroatoms. The fraction of sp³-hybridized carbons (Fsp3) is 0.429. The predicted octanol–water partition coefficient (Wildman–Crippen LogP) is 3.73. The Hall–Kier alpha value is -1.89. The van der Waals surface area contributed by atoms with Crippen molar-refractivity contribution in [1.29, 1.82) is 0 Å². The maximum Gasteiger partial charge on any atom is 0.490 e. The van der Waals surface area contributed by atoms with Gasteiger partial charge >= 0.3 is 29.4 Å². The number of carbonyl (C=O) groups excluding carboxylic acids is 1. The third-order valence-corrected chi connectivity index (χ3v) is 12.6. The highest BCUT2D eigenvalue weighted by atomic mass is 33.1. The van der Waals surface area contributed by atoms with Gasteiger partial charge in [-0.25, -0.2) is 33.4 Å². The molecule has 4 rings (SSSR count). The summed E-state index contributed by atoms with van der Waals surface area (Å²) in [6.45, 7) is 3.10. The highest BCUT2D eigenvalue weighted by molar-refractivity contribution is 8.76. The summed E-state index contributed by atoms with van der Waals surface area (Å²) in [5, 5.41) is -0.0696. The summed E-state index contributed by atoms with van der Waals surface area (Å²) in [4.78, 5) is 62.6. The quantitative estimate of drug-likeness (QED) is 0.0904. The first-order valence-electron chi connectivity index (χ1n) is 12.5. The minimum atomic E-state index is -5.75. The van der Waals surface area contributed by atoms with Crippen LogP contribution in [0.1, 0.15) is 47.7 Å². The molecule has 18 nitrogen and oxygen atoms in total. The van der Waals surface area contributed by atoms with Crippen LogP contribution in [0.5, 0.6) is 0 Å². The van der Waals surface area contributed by atoms with Gasteiger partial charge < -0.3 is 34.8 Å². The third-order valence-electron chi connectivity index (χ3n) is 5.90. The first kappa shape index (κ1) is 35.0. The molecule has 0 aliphatic carbocycles. The third kappa shape index (κ3) is 9.10. The SMILES string of the molecule is CCSSC(C)c1ccccc1C(=O)O[C@@H]1C[C@H](n2cnc3c(N)ncnc32)OC1COP(=O)(O)OP(=O)(O)OP(=O)(O)O. The Bertz CT molecular complexity index is 1640. The number of ether oxygens (including phenoxy) is 2. The Morgan fingerprint density at radius 2 is 1.86 bits per heavy atom. The van der Waals surface area contributed by atoms with Crippen molar-refractivity contribution in [2.45, 2.75) is 44.0 Å². The average molecular weight is 716 g/mol. The summed E-state index contributed by atoms with van der Waals surface area (Å²) in [7, 11) is -13.6. The number of phosphoric acid groups is 3. The summed E-state index contributed by atoms with van der Waals surface area (Å²) in [5.74, 6) is 0.247. The van der Waals surface area contributed by atoms with E-state index in [0.717, 1.165) is 11.3 Å². The van der Waals surface area contributed by atoms with E-state index in [2.05, 4.69) is 23.6 Å². The Kier molecular flexibility index (Phi) is 11.3. The van der Waals surface area contributed by atoms with Gasteiger partial charge in [-0.05, 0) is 18.6 Å². The molecule has 0 spiro atoms. The standard InChI is InChI=1S/C21H28N5O13P3S2/c1-3-43-44-12(2)13-6-4-5-7-14(13)21(27)37-15-8-17(26-11-25-18-19(22)23-10-24-20(18)26)36-16(15)9-35-41(31,32)39-42(33,34)38-40(28,29)30/h4-7,10-12,15-17H,3,8-9H2,1-2H3,(H,31,32)(H,33,34)(H2,22,23,24)(H2,28,29,30)/t12?,15-,16?,17-/m1/s1. The van der Waals surface area contributed by atoms with Crippen LogP contribution in [0.25, 0.3) is 11.2 Å². The molecule has 0 saturated carbocycles. The lowest BCUT2D eigenvalue weighted by atomic mass is 10.0. The van der Waals surface area contributed by atoms with Crippen LogP contribution in [0.15, 0.2) is 36.9 Å². The summed E-state index contributed by atoms with van der Waals surface area (Å²) in [6.07, 6.45) is -0.736. The lowest BCUT2D eigenvalue weighted by Crippen LogP contribution is -2.31. The van der Waals surface area contributed by atoms with E-state index in [1.165, 1.54) is 17.2 Å². The Labute approximate surface area is 257 Å². The van der Waals surface area contributed by atoms with E-state index in [4.69, 9.17) is 29.5 Å². The van der Waals surface area contributed by atoms with Crippen molar-refractivity contribution in [2.24, 2.45) is 0 Å². The van der Waals surface area contributed by atoms with Crippen LogP contribution in [0.3, 0.4) is 0 Å². The molecule has 1 saturated heterocycles. The van der Waals surface area contributed by atoms with E-state index in [1.54, 1.807) is 45.9 Å². The summed E-state index contributed by atoms with van der Waals surface area (Å²) in [5.41, 5.74) is 7.43. The number of fused-ring (bicyclic) bond motifs is 1. The van der Waals surface area contributed by atoms with Gasteiger partial charge in [0.1, 0.15) is 30.3 Å². The molecule has 6 N–H and O–H groups in total. The largest absolute Gasteiger partial charge is 0.490 e. The molecular weight excluding hydrogens is 687 g/mol. The zero-order valence-electron chi connectivity index (χ0n) is 22.9. The predicted molar refractivity (Wildman–Crippen MR) is 158 cm³/mol. The topological polar surface area (TPSA) is 265 Å². The molecule has 1 aliphatic rings. The molecule has 4 unspecified atom stereocenters. The Morgan fingerprint density at radius 3 is 2.57 bits per heavy atom. The van der Waals surface area contributed by atoms with Gasteiger partial charge in [0.25, 0.3) is 0 Å². The number of hydrogen-bond acceptors (Lipinski definition) is 15. The maximum atomic E-state index is 13.4. The smallest absolute Gasteiger partial charge is 0.456 e. The zero-order valence-corrected chi connectivity index (χ0v) is 27.2. The highest BCUT2D eigenvalue weighted by Gasteiger charge is 2.44. The number of nitrogens with zero attached hydrogens (tertiary/aromatic N) is 4. The van der Waals surface area contributed by atoms with E-state index in [1.807, 2.05) is 13.8 Å². The Balaban J connectivity index is 1.57. The van der Waals surface area contributed by atoms with E-state index in [0.29, 0.717) is 0 Å². The maximum absolute atomic E-state index is 13.4. The fourth-order valence-electron chi connectivity index (χ4n) is 4.16. The monoisotopic (exact) mass is 715 g/mol. The van der Waals surface area contributed by atoms with E-state index < -0.39 is 54.5 Å². The first-order chi connectivity index (χ1) is 20.6. The number of esters is 1. The average Bonchev–Trinajstić information content (AvgIpc) is 3.53. The van der Waals surface area contributed by atoms with Gasteiger partial charge in [-0.1, -0.05) is 46.7 Å². The molecule has 6 atom stereocenters. The lowest BCUT2D eigenvalue weighted by molar-refractivity contribution is -0.0490. The molecule has 2 aromatic heterocycles. The number of aromatic nitrogens is 4. The molecule has 242 valence electrons. The molecule has 1 aromatic carbocycles. The van der Waals surface area contributed by atoms with Crippen molar-refractivity contribution in [3.05, 3.63) is 48.0 Å². The number of phosphoric ester groups is 1. The number of benzene rings is 1. The number of hydrogen-bond donors (Lipinski definition) is 5. The number of anilines is 1. The molecule has 3 aromatic rings. The van der Waals surface area contributed by atoms with E-state index >= 15 is 0 Å². The summed E-state index contributed by atoms with van der Waals surface area (Å²) < 4.78 is 60.6. The van der Waals surface area contributed by atoms with Gasteiger partial charge in [-0.15, -0.1) is 0 Å². The van der Waals surface area contributed by atoms with Crippen LogP contribution in [0.2, 0.25) is 0 Å². The molecule has 44 heavy (non-hydrogen) atoms.